The maximum atomic E-state index is 13.2. The standard InChI is InChI=1S/C30H36ClN3O5S/c1-19-5-10-25-16-29(39-32-25)26-11-7-22(26)17-34-13-3-2-4-20-14-24(31)9-6-23(20)18-38-28-12-8-21(15-27(28)34)30(35)33-40(19,36)37/h6,8-9,12,14-15,19,22,26,29H,2-5,7,10-11,13,16-18H2,1H3,(H,33,35)/t19-,22+,26-,29-/m1/s1. The van der Waals surface area contributed by atoms with Crippen LogP contribution in [0.4, 0.5) is 5.69 Å². The van der Waals surface area contributed by atoms with E-state index >= 15 is 0 Å². The highest BCUT2D eigenvalue weighted by Gasteiger charge is 2.42. The van der Waals surface area contributed by atoms with Crippen molar-refractivity contribution >= 4 is 38.9 Å². The average molecular weight is 586 g/mol. The number of hydrogen-bond donors (Lipinski definition) is 1. The van der Waals surface area contributed by atoms with Crippen LogP contribution in [0.5, 0.6) is 5.75 Å². The molecule has 1 aliphatic carbocycles. The maximum Gasteiger partial charge on any atom is 0.264 e. The summed E-state index contributed by atoms with van der Waals surface area (Å²) in [5.41, 5.74) is 4.31. The van der Waals surface area contributed by atoms with E-state index in [9.17, 15) is 13.2 Å². The Morgan fingerprint density at radius 1 is 1.05 bits per heavy atom. The zero-order valence-corrected chi connectivity index (χ0v) is 24.3. The average Bonchev–Trinajstić information content (AvgIpc) is 3.36. The minimum Gasteiger partial charge on any atom is -0.487 e. The first-order valence-corrected chi connectivity index (χ1v) is 16.3. The van der Waals surface area contributed by atoms with Crippen molar-refractivity contribution < 1.29 is 22.8 Å². The zero-order chi connectivity index (χ0) is 27.9. The van der Waals surface area contributed by atoms with Crippen LogP contribution in [0, 0.1) is 11.8 Å². The molecule has 3 heterocycles. The van der Waals surface area contributed by atoms with Crippen molar-refractivity contribution in [2.75, 3.05) is 18.0 Å². The maximum absolute atomic E-state index is 13.2. The minimum absolute atomic E-state index is 0.0403. The highest BCUT2D eigenvalue weighted by Crippen LogP contribution is 2.43. The number of fused-ring (bicyclic) bond motifs is 6. The number of benzene rings is 2. The second-order valence-electron chi connectivity index (χ2n) is 11.6. The van der Waals surface area contributed by atoms with Gasteiger partial charge >= 0.3 is 0 Å². The summed E-state index contributed by atoms with van der Waals surface area (Å²) < 4.78 is 34.7. The first kappa shape index (κ1) is 27.4. The molecule has 4 aliphatic rings. The van der Waals surface area contributed by atoms with Gasteiger partial charge in [-0.1, -0.05) is 22.8 Å². The molecule has 0 unspecified atom stereocenters. The van der Waals surface area contributed by atoms with Crippen LogP contribution in [-0.2, 0) is 27.9 Å². The fourth-order valence-electron chi connectivity index (χ4n) is 6.31. The number of sulfonamides is 1. The number of rotatable bonds is 0. The number of aryl methyl sites for hydroxylation is 1. The van der Waals surface area contributed by atoms with Gasteiger partial charge in [-0.3, -0.25) is 4.79 Å². The first-order chi connectivity index (χ1) is 19.3. The van der Waals surface area contributed by atoms with Crippen LogP contribution >= 0.6 is 11.6 Å². The number of hydrogen-bond acceptors (Lipinski definition) is 7. The van der Waals surface area contributed by atoms with Crippen LogP contribution in [0.15, 0.2) is 41.6 Å². The predicted molar refractivity (Wildman–Crippen MR) is 156 cm³/mol. The summed E-state index contributed by atoms with van der Waals surface area (Å²) in [7, 11) is -3.86. The lowest BCUT2D eigenvalue weighted by molar-refractivity contribution is -0.0211. The highest BCUT2D eigenvalue weighted by molar-refractivity contribution is 7.90. The van der Waals surface area contributed by atoms with Crippen molar-refractivity contribution in [3.05, 3.63) is 58.1 Å². The number of nitrogens with zero attached hydrogens (tertiary/aromatic N) is 2. The first-order valence-electron chi connectivity index (χ1n) is 14.3. The Morgan fingerprint density at radius 3 is 2.75 bits per heavy atom. The van der Waals surface area contributed by atoms with E-state index in [1.54, 1.807) is 25.1 Å². The molecule has 10 heteroatoms. The lowest BCUT2D eigenvalue weighted by atomic mass is 9.69. The summed E-state index contributed by atoms with van der Waals surface area (Å²) in [6.07, 6.45) is 6.78. The molecular weight excluding hydrogens is 550 g/mol. The van der Waals surface area contributed by atoms with Gasteiger partial charge in [0.2, 0.25) is 10.0 Å². The largest absolute Gasteiger partial charge is 0.487 e. The molecule has 6 rings (SSSR count). The number of carbonyl (C=O) groups is 1. The molecule has 1 saturated carbocycles. The van der Waals surface area contributed by atoms with E-state index in [1.165, 1.54) is 5.56 Å². The number of ether oxygens (including phenoxy) is 1. The second kappa shape index (κ2) is 11.2. The van der Waals surface area contributed by atoms with Crippen LogP contribution in [0.2, 0.25) is 5.02 Å². The third kappa shape index (κ3) is 5.68. The normalized spacial score (nSPS) is 28.3. The van der Waals surface area contributed by atoms with Gasteiger partial charge in [-0.2, -0.15) is 0 Å². The van der Waals surface area contributed by atoms with Crippen LogP contribution in [-0.4, -0.2) is 44.5 Å². The van der Waals surface area contributed by atoms with Crippen LogP contribution < -0.4 is 14.4 Å². The number of carbonyl (C=O) groups excluding carboxylic acids is 1. The third-order valence-corrected chi connectivity index (χ3v) is 11.0. The molecule has 0 saturated heterocycles. The Labute approximate surface area is 241 Å². The molecule has 3 aliphatic heterocycles. The molecule has 0 aromatic heterocycles. The van der Waals surface area contributed by atoms with E-state index in [4.69, 9.17) is 21.2 Å². The molecule has 1 amide bonds. The zero-order valence-electron chi connectivity index (χ0n) is 22.8. The molecule has 2 aromatic rings. The van der Waals surface area contributed by atoms with Gasteiger partial charge in [0.1, 0.15) is 18.5 Å². The molecule has 1 N–H and O–H groups in total. The lowest BCUT2D eigenvalue weighted by Crippen LogP contribution is -2.44. The molecule has 4 atom stereocenters. The Bertz CT molecular complexity index is 1430. The van der Waals surface area contributed by atoms with E-state index < -0.39 is 21.2 Å². The molecule has 4 bridgehead atoms. The van der Waals surface area contributed by atoms with Gasteiger partial charge < -0.3 is 14.5 Å². The van der Waals surface area contributed by atoms with Crippen molar-refractivity contribution in [1.82, 2.24) is 4.72 Å². The van der Waals surface area contributed by atoms with Crippen molar-refractivity contribution in [3.63, 3.8) is 0 Å². The van der Waals surface area contributed by atoms with Gasteiger partial charge in [0.15, 0.2) is 0 Å². The van der Waals surface area contributed by atoms with E-state index in [0.29, 0.717) is 42.6 Å². The SMILES string of the molecule is C[C@@H]1CCC2=NO[C@H](C2)[C@@H]2CC[C@H]2CN2CCCCc3cc(Cl)ccc3COc3ccc(cc32)C(=O)NS1(=O)=O. The highest BCUT2D eigenvalue weighted by atomic mass is 35.5. The van der Waals surface area contributed by atoms with Crippen molar-refractivity contribution in [2.24, 2.45) is 17.0 Å². The van der Waals surface area contributed by atoms with Gasteiger partial charge in [-0.15, -0.1) is 0 Å². The Morgan fingerprint density at radius 2 is 1.93 bits per heavy atom. The van der Waals surface area contributed by atoms with E-state index in [2.05, 4.69) is 14.8 Å². The second-order valence-corrected chi connectivity index (χ2v) is 14.2. The molecular formula is C30H36ClN3O5S. The van der Waals surface area contributed by atoms with Crippen molar-refractivity contribution in [1.29, 1.82) is 0 Å². The summed E-state index contributed by atoms with van der Waals surface area (Å²) in [4.78, 5) is 21.4. The summed E-state index contributed by atoms with van der Waals surface area (Å²) in [5, 5.41) is 4.31. The number of nitrogens with one attached hydrogen (secondary N) is 1. The van der Waals surface area contributed by atoms with Crippen LogP contribution in [0.3, 0.4) is 0 Å². The van der Waals surface area contributed by atoms with Gasteiger partial charge in [0.05, 0.1) is 16.6 Å². The number of amides is 1. The summed E-state index contributed by atoms with van der Waals surface area (Å²) in [6, 6.07) is 11.2. The monoisotopic (exact) mass is 585 g/mol. The molecule has 2 aromatic carbocycles. The van der Waals surface area contributed by atoms with Gasteiger partial charge in [0.25, 0.3) is 5.91 Å². The fraction of sp³-hybridized carbons (Fsp3) is 0.533. The topological polar surface area (TPSA) is 97.3 Å². The third-order valence-electron chi connectivity index (χ3n) is 9.00. The Balaban J connectivity index is 1.37. The van der Waals surface area contributed by atoms with E-state index in [-0.39, 0.29) is 6.10 Å². The minimum atomic E-state index is -3.86. The fourth-order valence-corrected chi connectivity index (χ4v) is 7.51. The van der Waals surface area contributed by atoms with E-state index in [0.717, 1.165) is 73.6 Å². The number of halogens is 1. The smallest absolute Gasteiger partial charge is 0.264 e. The Hall–Kier alpha value is -2.78. The predicted octanol–water partition coefficient (Wildman–Crippen LogP) is 5.47. The quantitative estimate of drug-likeness (QED) is 0.440. The molecule has 1 fully saturated rings. The summed E-state index contributed by atoms with van der Waals surface area (Å²) in [6.45, 7) is 3.62. The molecule has 214 valence electrons. The van der Waals surface area contributed by atoms with Gasteiger partial charge in [-0.25, -0.2) is 13.1 Å². The lowest BCUT2D eigenvalue weighted by Gasteiger charge is -2.42. The number of anilines is 1. The number of oxime groups is 1. The van der Waals surface area contributed by atoms with Crippen LogP contribution in [0.1, 0.15) is 73.4 Å². The van der Waals surface area contributed by atoms with E-state index in [1.807, 2.05) is 18.2 Å². The molecule has 40 heavy (non-hydrogen) atoms. The van der Waals surface area contributed by atoms with Crippen molar-refractivity contribution in [2.45, 2.75) is 76.3 Å². The molecule has 0 spiro atoms. The van der Waals surface area contributed by atoms with Crippen molar-refractivity contribution in [3.8, 4) is 5.75 Å². The van der Waals surface area contributed by atoms with Gasteiger partial charge in [0, 0.05) is 36.0 Å². The van der Waals surface area contributed by atoms with Crippen LogP contribution in [0.25, 0.3) is 0 Å². The summed E-state index contributed by atoms with van der Waals surface area (Å²) >= 11 is 6.30. The molecule has 0 radical (unpaired) electrons. The Kier molecular flexibility index (Phi) is 7.70. The molecule has 8 nitrogen and oxygen atoms in total. The summed E-state index contributed by atoms with van der Waals surface area (Å²) in [5.74, 6) is 0.892. The van der Waals surface area contributed by atoms with Gasteiger partial charge in [-0.05, 0) is 99.2 Å².